The van der Waals surface area contributed by atoms with E-state index in [0.717, 1.165) is 5.82 Å². The highest BCUT2D eigenvalue weighted by Crippen LogP contribution is 2.25. The topological polar surface area (TPSA) is 67.1 Å². The Morgan fingerprint density at radius 3 is 2.80 bits per heavy atom. The van der Waals surface area contributed by atoms with Crippen LogP contribution in [0.2, 0.25) is 0 Å². The largest absolute Gasteiger partial charge is 0.355 e. The zero-order valence-electron chi connectivity index (χ0n) is 8.98. The average Bonchev–Trinajstić information content (AvgIpc) is 2.81. The van der Waals surface area contributed by atoms with E-state index < -0.39 is 0 Å². The van der Waals surface area contributed by atoms with E-state index in [-0.39, 0.29) is 0 Å². The van der Waals surface area contributed by atoms with Gasteiger partial charge in [0.05, 0.1) is 12.4 Å². The molecule has 0 saturated heterocycles. The fourth-order valence-corrected chi connectivity index (χ4v) is 2.07. The van der Waals surface area contributed by atoms with Gasteiger partial charge in [-0.1, -0.05) is 12.8 Å². The van der Waals surface area contributed by atoms with E-state index in [1.165, 1.54) is 25.7 Å². The lowest BCUT2D eigenvalue weighted by atomic mass is 10.2. The Hall–Kier alpha value is -1.36. The van der Waals surface area contributed by atoms with Crippen molar-refractivity contribution < 1.29 is 0 Å². The van der Waals surface area contributed by atoms with Gasteiger partial charge in [0.15, 0.2) is 5.82 Å². The normalized spacial score (nSPS) is 16.7. The van der Waals surface area contributed by atoms with Gasteiger partial charge in [-0.2, -0.15) is 0 Å². The highest BCUT2D eigenvalue weighted by Gasteiger charge is 2.20. The predicted molar refractivity (Wildman–Crippen MR) is 60.5 cm³/mol. The molecule has 1 aliphatic carbocycles. The van der Waals surface area contributed by atoms with Crippen molar-refractivity contribution in [2.24, 2.45) is 5.84 Å². The number of nitrogens with two attached hydrogens (primary N) is 1. The minimum absolute atomic E-state index is 0.604. The van der Waals surface area contributed by atoms with Crippen LogP contribution >= 0.6 is 0 Å². The van der Waals surface area contributed by atoms with Crippen LogP contribution in [0.1, 0.15) is 25.7 Å². The number of hydrogen-bond donors (Lipinski definition) is 2. The second kappa shape index (κ2) is 4.44. The van der Waals surface area contributed by atoms with Crippen molar-refractivity contribution in [2.75, 3.05) is 17.4 Å². The summed E-state index contributed by atoms with van der Waals surface area (Å²) in [6.07, 6.45) is 8.52. The molecule has 1 heterocycles. The quantitative estimate of drug-likeness (QED) is 0.574. The third-order valence-electron chi connectivity index (χ3n) is 3.00. The van der Waals surface area contributed by atoms with Gasteiger partial charge in [-0.15, -0.1) is 0 Å². The van der Waals surface area contributed by atoms with E-state index in [1.54, 1.807) is 12.4 Å². The standard InChI is InChI=1S/C10H17N5/c1-15(8-4-2-3-5-8)10-7-12-6-9(13-10)14-11/h6-8H,2-5,11H2,1H3,(H,13,14). The number of anilines is 2. The first kappa shape index (κ1) is 10.2. The Balaban J connectivity index is 2.13. The molecule has 1 aromatic rings. The highest BCUT2D eigenvalue weighted by atomic mass is 15.3. The van der Waals surface area contributed by atoms with Crippen LogP contribution in [0.4, 0.5) is 11.6 Å². The first-order chi connectivity index (χ1) is 7.31. The van der Waals surface area contributed by atoms with E-state index in [9.17, 15) is 0 Å². The Morgan fingerprint density at radius 1 is 1.40 bits per heavy atom. The SMILES string of the molecule is CN(c1cncc(NN)n1)C1CCCC1. The van der Waals surface area contributed by atoms with E-state index in [4.69, 9.17) is 5.84 Å². The molecule has 0 bridgehead atoms. The summed E-state index contributed by atoms with van der Waals surface area (Å²) in [5.74, 6) is 6.80. The number of nitrogens with one attached hydrogen (secondary N) is 1. The summed E-state index contributed by atoms with van der Waals surface area (Å²) in [7, 11) is 2.07. The molecule has 0 radical (unpaired) electrons. The molecule has 3 N–H and O–H groups in total. The van der Waals surface area contributed by atoms with E-state index in [0.29, 0.717) is 11.9 Å². The average molecular weight is 207 g/mol. The minimum Gasteiger partial charge on any atom is -0.355 e. The minimum atomic E-state index is 0.604. The van der Waals surface area contributed by atoms with Gasteiger partial charge < -0.3 is 10.3 Å². The van der Waals surface area contributed by atoms with Gasteiger partial charge in [-0.25, -0.2) is 10.8 Å². The van der Waals surface area contributed by atoms with Crippen molar-refractivity contribution in [3.63, 3.8) is 0 Å². The maximum atomic E-state index is 5.30. The Labute approximate surface area is 89.7 Å². The second-order valence-electron chi connectivity index (χ2n) is 3.96. The first-order valence-electron chi connectivity index (χ1n) is 5.33. The van der Waals surface area contributed by atoms with Crippen molar-refractivity contribution in [3.8, 4) is 0 Å². The summed E-state index contributed by atoms with van der Waals surface area (Å²) in [4.78, 5) is 10.7. The zero-order valence-corrected chi connectivity index (χ0v) is 8.98. The molecule has 1 saturated carbocycles. The fraction of sp³-hybridized carbons (Fsp3) is 0.600. The van der Waals surface area contributed by atoms with E-state index in [1.807, 2.05) is 0 Å². The van der Waals surface area contributed by atoms with E-state index in [2.05, 4.69) is 27.3 Å². The lowest BCUT2D eigenvalue weighted by Crippen LogP contribution is -2.29. The molecule has 0 aliphatic heterocycles. The first-order valence-corrected chi connectivity index (χ1v) is 5.33. The van der Waals surface area contributed by atoms with Crippen LogP contribution in [-0.2, 0) is 0 Å². The molecule has 1 fully saturated rings. The molecule has 15 heavy (non-hydrogen) atoms. The summed E-state index contributed by atoms with van der Waals surface area (Å²) in [6.45, 7) is 0. The number of hydrazine groups is 1. The molecule has 0 amide bonds. The lowest BCUT2D eigenvalue weighted by Gasteiger charge is -2.25. The van der Waals surface area contributed by atoms with Crippen LogP contribution in [0.5, 0.6) is 0 Å². The number of aromatic nitrogens is 2. The second-order valence-corrected chi connectivity index (χ2v) is 3.96. The third kappa shape index (κ3) is 2.18. The molecule has 5 nitrogen and oxygen atoms in total. The van der Waals surface area contributed by atoms with E-state index >= 15 is 0 Å². The highest BCUT2D eigenvalue weighted by molar-refractivity contribution is 5.43. The molecule has 5 heteroatoms. The molecule has 0 aromatic carbocycles. The molecule has 82 valence electrons. The number of hydrogen-bond acceptors (Lipinski definition) is 5. The van der Waals surface area contributed by atoms with Crippen LogP contribution < -0.4 is 16.2 Å². The van der Waals surface area contributed by atoms with Crippen molar-refractivity contribution in [1.82, 2.24) is 9.97 Å². The molecular formula is C10H17N5. The third-order valence-corrected chi connectivity index (χ3v) is 3.00. The summed E-state index contributed by atoms with van der Waals surface area (Å²) in [5.41, 5.74) is 2.51. The molecular weight excluding hydrogens is 190 g/mol. The van der Waals surface area contributed by atoms with Crippen molar-refractivity contribution in [3.05, 3.63) is 12.4 Å². The van der Waals surface area contributed by atoms with Crippen molar-refractivity contribution >= 4 is 11.6 Å². The molecule has 2 rings (SSSR count). The van der Waals surface area contributed by atoms with Crippen LogP contribution in [0.3, 0.4) is 0 Å². The van der Waals surface area contributed by atoms with Gasteiger partial charge in [0, 0.05) is 13.1 Å². The summed E-state index contributed by atoms with van der Waals surface area (Å²) < 4.78 is 0. The number of rotatable bonds is 3. The van der Waals surface area contributed by atoms with Gasteiger partial charge in [-0.3, -0.25) is 4.98 Å². The predicted octanol–water partition coefficient (Wildman–Crippen LogP) is 1.14. The fourth-order valence-electron chi connectivity index (χ4n) is 2.07. The monoisotopic (exact) mass is 207 g/mol. The Bertz CT molecular complexity index is 321. The lowest BCUT2D eigenvalue weighted by molar-refractivity contribution is 0.645. The Morgan fingerprint density at radius 2 is 2.13 bits per heavy atom. The van der Waals surface area contributed by atoms with Crippen LogP contribution in [0.25, 0.3) is 0 Å². The Kier molecular flexibility index (Phi) is 3.01. The molecule has 0 unspecified atom stereocenters. The van der Waals surface area contributed by atoms with Crippen LogP contribution in [-0.4, -0.2) is 23.1 Å². The maximum absolute atomic E-state index is 5.30. The summed E-state index contributed by atoms with van der Waals surface area (Å²) >= 11 is 0. The van der Waals surface area contributed by atoms with Gasteiger partial charge in [0.1, 0.15) is 5.82 Å². The summed E-state index contributed by atoms with van der Waals surface area (Å²) in [6, 6.07) is 0.604. The smallest absolute Gasteiger partial charge is 0.160 e. The molecule has 1 aliphatic rings. The van der Waals surface area contributed by atoms with Gasteiger partial charge >= 0.3 is 0 Å². The van der Waals surface area contributed by atoms with Crippen LogP contribution in [0.15, 0.2) is 12.4 Å². The molecule has 0 spiro atoms. The molecule has 0 atom stereocenters. The number of nitrogens with zero attached hydrogens (tertiary/aromatic N) is 3. The van der Waals surface area contributed by atoms with Gasteiger partial charge in [0.25, 0.3) is 0 Å². The summed E-state index contributed by atoms with van der Waals surface area (Å²) in [5, 5.41) is 0. The number of nitrogen functional groups attached to an aromatic ring is 1. The van der Waals surface area contributed by atoms with Gasteiger partial charge in [-0.05, 0) is 12.8 Å². The zero-order chi connectivity index (χ0) is 10.7. The van der Waals surface area contributed by atoms with Gasteiger partial charge in [0.2, 0.25) is 0 Å². The van der Waals surface area contributed by atoms with Crippen molar-refractivity contribution in [2.45, 2.75) is 31.7 Å². The molecule has 1 aromatic heterocycles. The maximum Gasteiger partial charge on any atom is 0.160 e. The van der Waals surface area contributed by atoms with Crippen LogP contribution in [0, 0.1) is 0 Å². The van der Waals surface area contributed by atoms with Crippen molar-refractivity contribution in [1.29, 1.82) is 0 Å².